The standard InChI is InChI=1S/C20H19FN6O2S/c1-11-7-12(9-13(8-11)30(3,28)29)27(2)20-23-10-14(19(22)24-20)18-17-15(21)5-4-6-16(17)25-26-18/h4-10H,1-3H3,(H,25,26)(H2,22,23,24). The Morgan fingerprint density at radius 2 is 1.97 bits per heavy atom. The minimum atomic E-state index is -3.37. The lowest BCUT2D eigenvalue weighted by molar-refractivity contribution is 0.602. The molecule has 0 radical (unpaired) electrons. The highest BCUT2D eigenvalue weighted by molar-refractivity contribution is 7.90. The van der Waals surface area contributed by atoms with Crippen LogP contribution in [-0.4, -0.2) is 41.9 Å². The number of H-pyrrole nitrogens is 1. The average molecular weight is 426 g/mol. The number of fused-ring (bicyclic) bond motifs is 1. The molecule has 2 heterocycles. The third kappa shape index (κ3) is 3.45. The van der Waals surface area contributed by atoms with Crippen LogP contribution in [0.5, 0.6) is 0 Å². The molecule has 4 aromatic rings. The van der Waals surface area contributed by atoms with Crippen molar-refractivity contribution in [3.05, 3.63) is 54.0 Å². The first-order valence-electron chi connectivity index (χ1n) is 8.96. The minimum absolute atomic E-state index is 0.125. The first-order chi connectivity index (χ1) is 14.1. The van der Waals surface area contributed by atoms with Crippen molar-refractivity contribution in [3.63, 3.8) is 0 Å². The molecule has 30 heavy (non-hydrogen) atoms. The topological polar surface area (TPSA) is 118 Å². The van der Waals surface area contributed by atoms with Crippen molar-refractivity contribution in [1.29, 1.82) is 0 Å². The van der Waals surface area contributed by atoms with Crippen LogP contribution in [0, 0.1) is 12.7 Å². The third-order valence-electron chi connectivity index (χ3n) is 4.75. The molecule has 0 atom stereocenters. The van der Waals surface area contributed by atoms with E-state index in [9.17, 15) is 12.8 Å². The van der Waals surface area contributed by atoms with Crippen molar-refractivity contribution in [2.24, 2.45) is 0 Å². The van der Waals surface area contributed by atoms with Gasteiger partial charge in [-0.15, -0.1) is 0 Å². The molecular formula is C20H19FN6O2S. The summed E-state index contributed by atoms with van der Waals surface area (Å²) in [4.78, 5) is 10.5. The Morgan fingerprint density at radius 1 is 1.20 bits per heavy atom. The number of anilines is 3. The third-order valence-corrected chi connectivity index (χ3v) is 5.84. The minimum Gasteiger partial charge on any atom is -0.383 e. The zero-order valence-electron chi connectivity index (χ0n) is 16.5. The van der Waals surface area contributed by atoms with Crippen molar-refractivity contribution in [1.82, 2.24) is 20.2 Å². The molecule has 0 saturated heterocycles. The molecule has 0 spiro atoms. The highest BCUT2D eigenvalue weighted by Gasteiger charge is 2.18. The van der Waals surface area contributed by atoms with Gasteiger partial charge in [-0.25, -0.2) is 17.8 Å². The fraction of sp³-hybridized carbons (Fsp3) is 0.150. The Kier molecular flexibility index (Phi) is 4.65. The number of hydrogen-bond acceptors (Lipinski definition) is 7. The number of aryl methyl sites for hydroxylation is 1. The van der Waals surface area contributed by atoms with E-state index in [2.05, 4.69) is 20.2 Å². The smallest absolute Gasteiger partial charge is 0.231 e. The quantitative estimate of drug-likeness (QED) is 0.514. The molecule has 154 valence electrons. The van der Waals surface area contributed by atoms with Crippen molar-refractivity contribution in [2.45, 2.75) is 11.8 Å². The van der Waals surface area contributed by atoms with Gasteiger partial charge in [-0.3, -0.25) is 5.10 Å². The van der Waals surface area contributed by atoms with Crippen molar-refractivity contribution < 1.29 is 12.8 Å². The highest BCUT2D eigenvalue weighted by atomic mass is 32.2. The van der Waals surface area contributed by atoms with E-state index in [4.69, 9.17) is 5.73 Å². The Morgan fingerprint density at radius 3 is 2.67 bits per heavy atom. The molecule has 10 heteroatoms. The highest BCUT2D eigenvalue weighted by Crippen LogP contribution is 2.32. The number of rotatable bonds is 4. The van der Waals surface area contributed by atoms with Crippen LogP contribution in [0.3, 0.4) is 0 Å². The largest absolute Gasteiger partial charge is 0.383 e. The second kappa shape index (κ2) is 7.06. The first kappa shape index (κ1) is 19.8. The number of nitrogens with two attached hydrogens (primary N) is 1. The van der Waals surface area contributed by atoms with Gasteiger partial charge in [0.05, 0.1) is 21.4 Å². The Bertz CT molecular complexity index is 1380. The summed E-state index contributed by atoms with van der Waals surface area (Å²) in [6, 6.07) is 9.61. The van der Waals surface area contributed by atoms with E-state index < -0.39 is 15.7 Å². The summed E-state index contributed by atoms with van der Waals surface area (Å²) < 4.78 is 38.2. The second-order valence-corrected chi connectivity index (χ2v) is 9.05. The average Bonchev–Trinajstić information content (AvgIpc) is 3.11. The number of nitrogens with one attached hydrogen (secondary N) is 1. The first-order valence-corrected chi connectivity index (χ1v) is 10.9. The zero-order chi connectivity index (χ0) is 21.6. The Hall–Kier alpha value is -3.53. The molecule has 0 saturated carbocycles. The van der Waals surface area contributed by atoms with Crippen LogP contribution in [0.2, 0.25) is 0 Å². The van der Waals surface area contributed by atoms with Crippen LogP contribution >= 0.6 is 0 Å². The molecule has 0 bridgehead atoms. The summed E-state index contributed by atoms with van der Waals surface area (Å²) in [6.07, 6.45) is 2.63. The van der Waals surface area contributed by atoms with Gasteiger partial charge in [-0.2, -0.15) is 10.1 Å². The van der Waals surface area contributed by atoms with Gasteiger partial charge >= 0.3 is 0 Å². The predicted octanol–water partition coefficient (Wildman–Crippen LogP) is 3.22. The SMILES string of the molecule is Cc1cc(N(C)c2ncc(-c3n[nH]c4cccc(F)c34)c(N)n2)cc(S(C)(=O)=O)c1. The van der Waals surface area contributed by atoms with Gasteiger partial charge in [-0.05, 0) is 42.8 Å². The van der Waals surface area contributed by atoms with E-state index in [1.165, 1.54) is 12.3 Å². The fourth-order valence-electron chi connectivity index (χ4n) is 3.21. The molecule has 3 N–H and O–H groups in total. The lowest BCUT2D eigenvalue weighted by atomic mass is 10.1. The number of benzene rings is 2. The summed E-state index contributed by atoms with van der Waals surface area (Å²) in [5.41, 5.74) is 8.78. The number of nitrogens with zero attached hydrogens (tertiary/aromatic N) is 4. The zero-order valence-corrected chi connectivity index (χ0v) is 17.3. The van der Waals surface area contributed by atoms with Gasteiger partial charge in [-0.1, -0.05) is 6.07 Å². The molecule has 2 aromatic heterocycles. The lowest BCUT2D eigenvalue weighted by Gasteiger charge is -2.19. The summed E-state index contributed by atoms with van der Waals surface area (Å²) in [5, 5.41) is 7.25. The molecule has 2 aromatic carbocycles. The van der Waals surface area contributed by atoms with Crippen LogP contribution in [0.25, 0.3) is 22.2 Å². The Labute approximate surface area is 172 Å². The van der Waals surface area contributed by atoms with Crippen molar-refractivity contribution >= 4 is 38.2 Å². The normalized spacial score (nSPS) is 11.7. The van der Waals surface area contributed by atoms with Gasteiger partial charge in [0.1, 0.15) is 17.3 Å². The van der Waals surface area contributed by atoms with Gasteiger partial charge in [0, 0.05) is 25.2 Å². The van der Waals surface area contributed by atoms with E-state index in [0.717, 1.165) is 11.8 Å². The van der Waals surface area contributed by atoms with Crippen LogP contribution in [-0.2, 0) is 9.84 Å². The van der Waals surface area contributed by atoms with Crippen molar-refractivity contribution in [2.75, 3.05) is 23.9 Å². The molecule has 4 rings (SSSR count). The molecule has 0 unspecified atom stereocenters. The number of halogens is 1. The van der Waals surface area contributed by atoms with Gasteiger partial charge in [0.15, 0.2) is 9.84 Å². The molecule has 0 aliphatic carbocycles. The second-order valence-electron chi connectivity index (χ2n) is 7.04. The van der Waals surface area contributed by atoms with Crippen molar-refractivity contribution in [3.8, 4) is 11.3 Å². The Balaban J connectivity index is 1.76. The van der Waals surface area contributed by atoms with Gasteiger partial charge in [0.25, 0.3) is 0 Å². The van der Waals surface area contributed by atoms with E-state index in [1.807, 2.05) is 13.0 Å². The number of sulfone groups is 1. The molecule has 0 amide bonds. The van der Waals surface area contributed by atoms with Gasteiger partial charge < -0.3 is 10.6 Å². The molecule has 0 aliphatic heterocycles. The van der Waals surface area contributed by atoms with Gasteiger partial charge in [0.2, 0.25) is 5.95 Å². The maximum absolute atomic E-state index is 14.3. The van der Waals surface area contributed by atoms with Crippen LogP contribution in [0.4, 0.5) is 21.8 Å². The summed E-state index contributed by atoms with van der Waals surface area (Å²) >= 11 is 0. The maximum atomic E-state index is 14.3. The van der Waals surface area contributed by atoms with E-state index in [1.54, 1.807) is 36.2 Å². The maximum Gasteiger partial charge on any atom is 0.231 e. The number of nitrogen functional groups attached to an aromatic ring is 1. The van der Waals surface area contributed by atoms with Crippen LogP contribution < -0.4 is 10.6 Å². The van der Waals surface area contributed by atoms with Crippen LogP contribution in [0.1, 0.15) is 5.56 Å². The summed E-state index contributed by atoms with van der Waals surface area (Å²) in [7, 11) is -1.67. The molecule has 0 fully saturated rings. The molecule has 0 aliphatic rings. The summed E-state index contributed by atoms with van der Waals surface area (Å²) in [5.74, 6) is -0.0361. The predicted molar refractivity (Wildman–Crippen MR) is 114 cm³/mol. The number of hydrogen-bond donors (Lipinski definition) is 2. The lowest BCUT2D eigenvalue weighted by Crippen LogP contribution is -2.15. The monoisotopic (exact) mass is 426 g/mol. The fourth-order valence-corrected chi connectivity index (χ4v) is 3.94. The number of aromatic amines is 1. The van der Waals surface area contributed by atoms with E-state index >= 15 is 0 Å². The molecule has 8 nitrogen and oxygen atoms in total. The number of aromatic nitrogens is 4. The summed E-state index contributed by atoms with van der Waals surface area (Å²) in [6.45, 7) is 1.81. The van der Waals surface area contributed by atoms with Crippen LogP contribution in [0.15, 0.2) is 47.5 Å². The molecular weight excluding hydrogens is 407 g/mol. The van der Waals surface area contributed by atoms with E-state index in [0.29, 0.717) is 27.8 Å². The van der Waals surface area contributed by atoms with E-state index in [-0.39, 0.29) is 16.7 Å².